The number of carbonyl (C=O) groups excluding carboxylic acids is 3. The third kappa shape index (κ3) is 3.31. The molecule has 0 aliphatic carbocycles. The van der Waals surface area contributed by atoms with E-state index in [0.717, 1.165) is 0 Å². The van der Waals surface area contributed by atoms with Crippen LogP contribution in [0.1, 0.15) is 35.4 Å². The molecule has 0 aromatic heterocycles. The SMILES string of the molecule is CCC(=O)c1ccc2c(c1)N(CC(=O)OC)C(=O)C(c1ccccc1)O2. The number of ketones is 1. The minimum absolute atomic E-state index is 0.0524. The standard InChI is InChI=1S/C20H19NO5/c1-3-16(22)14-9-10-17-15(11-14)21(12-18(23)25-2)20(24)19(26-17)13-7-5-4-6-8-13/h4-11,19H,3,12H2,1-2H3. The van der Waals surface area contributed by atoms with E-state index in [-0.39, 0.29) is 18.2 Å². The second-order valence-electron chi connectivity index (χ2n) is 5.87. The predicted octanol–water partition coefficient (Wildman–Crippen LogP) is 2.92. The Morgan fingerprint density at radius 1 is 1.15 bits per heavy atom. The molecule has 26 heavy (non-hydrogen) atoms. The lowest BCUT2D eigenvalue weighted by Gasteiger charge is -2.34. The van der Waals surface area contributed by atoms with E-state index in [9.17, 15) is 14.4 Å². The number of Topliss-reactive ketones (excluding diaryl/α,β-unsaturated/α-hetero) is 1. The van der Waals surface area contributed by atoms with Gasteiger partial charge in [-0.15, -0.1) is 0 Å². The monoisotopic (exact) mass is 353 g/mol. The molecule has 1 aliphatic rings. The van der Waals surface area contributed by atoms with Crippen molar-refractivity contribution in [2.24, 2.45) is 0 Å². The molecule has 0 bridgehead atoms. The van der Waals surface area contributed by atoms with E-state index in [4.69, 9.17) is 9.47 Å². The Bertz CT molecular complexity index is 847. The molecule has 1 amide bonds. The van der Waals surface area contributed by atoms with Gasteiger partial charge in [-0.1, -0.05) is 37.3 Å². The lowest BCUT2D eigenvalue weighted by Crippen LogP contribution is -2.44. The Kier molecular flexibility index (Phi) is 5.02. The number of benzene rings is 2. The minimum atomic E-state index is -0.860. The molecule has 0 fully saturated rings. The minimum Gasteiger partial charge on any atom is -0.474 e. The molecular formula is C20H19NO5. The number of esters is 1. The molecule has 1 heterocycles. The maximum atomic E-state index is 13.0. The third-order valence-electron chi connectivity index (χ3n) is 4.25. The number of amides is 1. The summed E-state index contributed by atoms with van der Waals surface area (Å²) in [6.07, 6.45) is -0.516. The van der Waals surface area contributed by atoms with Crippen LogP contribution in [-0.2, 0) is 14.3 Å². The first-order valence-electron chi connectivity index (χ1n) is 8.32. The largest absolute Gasteiger partial charge is 0.474 e. The fourth-order valence-electron chi connectivity index (χ4n) is 2.84. The third-order valence-corrected chi connectivity index (χ3v) is 4.25. The number of fused-ring (bicyclic) bond motifs is 1. The maximum absolute atomic E-state index is 13.0. The first-order valence-corrected chi connectivity index (χ1v) is 8.32. The topological polar surface area (TPSA) is 72.9 Å². The number of anilines is 1. The molecule has 2 aromatic carbocycles. The number of methoxy groups -OCH3 is 1. The van der Waals surface area contributed by atoms with Crippen LogP contribution in [0.2, 0.25) is 0 Å². The number of hydrogen-bond donors (Lipinski definition) is 0. The number of rotatable bonds is 5. The van der Waals surface area contributed by atoms with Crippen LogP contribution in [0.25, 0.3) is 0 Å². The smallest absolute Gasteiger partial charge is 0.325 e. The zero-order chi connectivity index (χ0) is 18.7. The van der Waals surface area contributed by atoms with Gasteiger partial charge in [0.05, 0.1) is 12.8 Å². The Labute approximate surface area is 151 Å². The van der Waals surface area contributed by atoms with Crippen LogP contribution in [0.4, 0.5) is 5.69 Å². The highest BCUT2D eigenvalue weighted by atomic mass is 16.5. The summed E-state index contributed by atoms with van der Waals surface area (Å²) in [5.41, 5.74) is 1.55. The summed E-state index contributed by atoms with van der Waals surface area (Å²) in [6, 6.07) is 14.0. The average molecular weight is 353 g/mol. The lowest BCUT2D eigenvalue weighted by molar-refractivity contribution is -0.140. The van der Waals surface area contributed by atoms with Gasteiger partial charge < -0.3 is 9.47 Å². The van der Waals surface area contributed by atoms with Crippen molar-refractivity contribution in [2.75, 3.05) is 18.6 Å². The summed E-state index contributed by atoms with van der Waals surface area (Å²) in [6.45, 7) is 1.51. The van der Waals surface area contributed by atoms with E-state index < -0.39 is 12.1 Å². The van der Waals surface area contributed by atoms with Crippen molar-refractivity contribution in [1.82, 2.24) is 0 Å². The van der Waals surface area contributed by atoms with Crippen molar-refractivity contribution in [3.8, 4) is 5.75 Å². The van der Waals surface area contributed by atoms with Gasteiger partial charge in [0.1, 0.15) is 12.3 Å². The molecule has 0 spiro atoms. The van der Waals surface area contributed by atoms with Crippen molar-refractivity contribution in [3.63, 3.8) is 0 Å². The van der Waals surface area contributed by atoms with Crippen molar-refractivity contribution in [1.29, 1.82) is 0 Å². The summed E-state index contributed by atoms with van der Waals surface area (Å²) >= 11 is 0. The summed E-state index contributed by atoms with van der Waals surface area (Å²) in [4.78, 5) is 38.2. The van der Waals surface area contributed by atoms with Crippen LogP contribution < -0.4 is 9.64 Å². The van der Waals surface area contributed by atoms with E-state index in [1.165, 1.54) is 12.0 Å². The van der Waals surface area contributed by atoms with E-state index in [1.54, 1.807) is 37.3 Å². The first-order chi connectivity index (χ1) is 12.5. The summed E-state index contributed by atoms with van der Waals surface area (Å²) in [5, 5.41) is 0. The normalized spacial score (nSPS) is 15.8. The average Bonchev–Trinajstić information content (AvgIpc) is 2.69. The zero-order valence-corrected chi connectivity index (χ0v) is 14.6. The van der Waals surface area contributed by atoms with Crippen molar-refractivity contribution in [3.05, 3.63) is 59.7 Å². The van der Waals surface area contributed by atoms with E-state index in [1.807, 2.05) is 18.2 Å². The van der Waals surface area contributed by atoms with Crippen LogP contribution in [0, 0.1) is 0 Å². The van der Waals surface area contributed by atoms with Crippen LogP contribution in [0.5, 0.6) is 5.75 Å². The fourth-order valence-corrected chi connectivity index (χ4v) is 2.84. The van der Waals surface area contributed by atoms with Crippen LogP contribution in [0.15, 0.2) is 48.5 Å². The van der Waals surface area contributed by atoms with Crippen LogP contribution in [-0.4, -0.2) is 31.3 Å². The maximum Gasteiger partial charge on any atom is 0.325 e. The van der Waals surface area contributed by atoms with Gasteiger partial charge in [0.15, 0.2) is 5.78 Å². The van der Waals surface area contributed by atoms with E-state index in [2.05, 4.69) is 0 Å². The first kappa shape index (κ1) is 17.7. The molecule has 2 aromatic rings. The molecule has 0 saturated heterocycles. The highest BCUT2D eigenvalue weighted by Gasteiger charge is 2.37. The number of carbonyl (C=O) groups is 3. The van der Waals surface area contributed by atoms with Crippen molar-refractivity contribution in [2.45, 2.75) is 19.4 Å². The number of hydrogen-bond acceptors (Lipinski definition) is 5. The van der Waals surface area contributed by atoms with Gasteiger partial charge in [0, 0.05) is 17.5 Å². The van der Waals surface area contributed by atoms with Gasteiger partial charge in [-0.25, -0.2) is 0 Å². The molecule has 1 atom stereocenters. The zero-order valence-electron chi connectivity index (χ0n) is 14.6. The van der Waals surface area contributed by atoms with Gasteiger partial charge >= 0.3 is 5.97 Å². The number of nitrogens with zero attached hydrogens (tertiary/aromatic N) is 1. The molecule has 1 unspecified atom stereocenters. The highest BCUT2D eigenvalue weighted by molar-refractivity contribution is 6.05. The van der Waals surface area contributed by atoms with E-state index in [0.29, 0.717) is 29.0 Å². The summed E-state index contributed by atoms with van der Waals surface area (Å²) in [7, 11) is 1.26. The fraction of sp³-hybridized carbons (Fsp3) is 0.250. The van der Waals surface area contributed by atoms with Gasteiger partial charge in [-0.3, -0.25) is 19.3 Å². The number of ether oxygens (including phenoxy) is 2. The summed E-state index contributed by atoms with van der Waals surface area (Å²) in [5.74, 6) is -0.543. The quantitative estimate of drug-likeness (QED) is 0.610. The van der Waals surface area contributed by atoms with Gasteiger partial charge in [-0.05, 0) is 18.2 Å². The second kappa shape index (κ2) is 7.39. The van der Waals surface area contributed by atoms with Crippen molar-refractivity contribution >= 4 is 23.3 Å². The Morgan fingerprint density at radius 3 is 2.54 bits per heavy atom. The molecule has 0 radical (unpaired) electrons. The Morgan fingerprint density at radius 2 is 1.88 bits per heavy atom. The molecular weight excluding hydrogens is 334 g/mol. The second-order valence-corrected chi connectivity index (χ2v) is 5.87. The lowest BCUT2D eigenvalue weighted by atomic mass is 10.0. The van der Waals surface area contributed by atoms with Gasteiger partial charge in [0.25, 0.3) is 5.91 Å². The molecule has 134 valence electrons. The van der Waals surface area contributed by atoms with Crippen molar-refractivity contribution < 1.29 is 23.9 Å². The Balaban J connectivity index is 2.06. The molecule has 1 aliphatic heterocycles. The molecule has 6 heteroatoms. The van der Waals surface area contributed by atoms with Gasteiger partial charge in [0.2, 0.25) is 6.10 Å². The predicted molar refractivity (Wildman–Crippen MR) is 95.2 cm³/mol. The van der Waals surface area contributed by atoms with Gasteiger partial charge in [-0.2, -0.15) is 0 Å². The molecule has 0 saturated carbocycles. The van der Waals surface area contributed by atoms with Crippen LogP contribution in [0.3, 0.4) is 0 Å². The molecule has 6 nitrogen and oxygen atoms in total. The van der Waals surface area contributed by atoms with Crippen LogP contribution >= 0.6 is 0 Å². The summed E-state index contributed by atoms with van der Waals surface area (Å²) < 4.78 is 10.6. The highest BCUT2D eigenvalue weighted by Crippen LogP contribution is 2.39. The molecule has 0 N–H and O–H groups in total. The Hall–Kier alpha value is -3.15. The molecule has 3 rings (SSSR count). The van der Waals surface area contributed by atoms with E-state index >= 15 is 0 Å².